The van der Waals surface area contributed by atoms with Crippen LogP contribution in [0.4, 0.5) is 0 Å². The van der Waals surface area contributed by atoms with Crippen molar-refractivity contribution in [3.8, 4) is 5.69 Å². The van der Waals surface area contributed by atoms with E-state index in [0.29, 0.717) is 0 Å². The minimum atomic E-state index is 0.754. The average molecular weight is 255 g/mol. The van der Waals surface area contributed by atoms with Gasteiger partial charge in [-0.05, 0) is 32.0 Å². The molecule has 90 valence electrons. The van der Waals surface area contributed by atoms with Crippen LogP contribution in [-0.4, -0.2) is 14.8 Å². The van der Waals surface area contributed by atoms with Gasteiger partial charge >= 0.3 is 0 Å². The number of H-pyrrole nitrogens is 1. The molecule has 4 heteroatoms. The van der Waals surface area contributed by atoms with Crippen LogP contribution in [0.15, 0.2) is 36.4 Å². The number of rotatable bonds is 1. The van der Waals surface area contributed by atoms with Crippen molar-refractivity contribution in [3.63, 3.8) is 0 Å². The van der Waals surface area contributed by atoms with Crippen molar-refractivity contribution in [1.29, 1.82) is 0 Å². The molecule has 0 aliphatic rings. The number of aryl methyl sites for hydroxylation is 2. The molecule has 0 aliphatic carbocycles. The summed E-state index contributed by atoms with van der Waals surface area (Å²) in [5.74, 6) is 0. The van der Waals surface area contributed by atoms with Crippen LogP contribution in [0.2, 0.25) is 0 Å². The van der Waals surface area contributed by atoms with Crippen molar-refractivity contribution in [1.82, 2.24) is 14.8 Å². The lowest BCUT2D eigenvalue weighted by Crippen LogP contribution is -1.96. The van der Waals surface area contributed by atoms with Crippen molar-refractivity contribution in [2.24, 2.45) is 0 Å². The summed E-state index contributed by atoms with van der Waals surface area (Å²) in [5.41, 5.74) is 4.11. The summed E-state index contributed by atoms with van der Waals surface area (Å²) in [5, 5.41) is 5.62. The lowest BCUT2D eigenvalue weighted by atomic mass is 10.2. The second kappa shape index (κ2) is 4.07. The Hall–Kier alpha value is -1.94. The predicted octanol–water partition coefficient (Wildman–Crippen LogP) is 3.70. The number of para-hydroxylation sites is 1. The molecule has 0 bridgehead atoms. The SMILES string of the molecule is Cc1cc2c(c(C)nn2-c2ccccc2)c(=S)[nH]1. The zero-order valence-electron chi connectivity index (χ0n) is 10.3. The van der Waals surface area contributed by atoms with Gasteiger partial charge in [-0.1, -0.05) is 30.4 Å². The zero-order chi connectivity index (χ0) is 12.7. The molecule has 3 aromatic rings. The van der Waals surface area contributed by atoms with E-state index in [1.54, 1.807) is 0 Å². The molecule has 2 heterocycles. The quantitative estimate of drug-likeness (QED) is 0.673. The van der Waals surface area contributed by atoms with Gasteiger partial charge in [-0.25, -0.2) is 4.68 Å². The van der Waals surface area contributed by atoms with E-state index >= 15 is 0 Å². The van der Waals surface area contributed by atoms with Gasteiger partial charge in [0.25, 0.3) is 0 Å². The lowest BCUT2D eigenvalue weighted by molar-refractivity contribution is 0.888. The van der Waals surface area contributed by atoms with Gasteiger partial charge in [0, 0.05) is 5.69 Å². The maximum atomic E-state index is 5.38. The van der Waals surface area contributed by atoms with Gasteiger partial charge in [0.1, 0.15) is 4.64 Å². The zero-order valence-corrected chi connectivity index (χ0v) is 11.1. The molecule has 0 saturated carbocycles. The first-order chi connectivity index (χ1) is 8.66. The maximum absolute atomic E-state index is 5.38. The second-order valence-corrected chi connectivity index (χ2v) is 4.78. The van der Waals surface area contributed by atoms with Gasteiger partial charge in [-0.15, -0.1) is 0 Å². The molecule has 1 N–H and O–H groups in total. The topological polar surface area (TPSA) is 33.6 Å². The first kappa shape index (κ1) is 11.2. The summed E-state index contributed by atoms with van der Waals surface area (Å²) >= 11 is 5.38. The molecule has 0 saturated heterocycles. The third-order valence-corrected chi connectivity index (χ3v) is 3.29. The van der Waals surface area contributed by atoms with Crippen molar-refractivity contribution in [3.05, 3.63) is 52.4 Å². The van der Waals surface area contributed by atoms with E-state index in [2.05, 4.69) is 16.1 Å². The van der Waals surface area contributed by atoms with Crippen LogP contribution in [0, 0.1) is 18.5 Å². The molecule has 0 fully saturated rings. The third kappa shape index (κ3) is 1.66. The summed E-state index contributed by atoms with van der Waals surface area (Å²) in [6.07, 6.45) is 0. The summed E-state index contributed by atoms with van der Waals surface area (Å²) in [4.78, 5) is 3.18. The van der Waals surface area contributed by atoms with E-state index in [9.17, 15) is 0 Å². The number of nitrogens with zero attached hydrogens (tertiary/aromatic N) is 2. The standard InChI is InChI=1S/C14H13N3S/c1-9-8-12-13(14(18)15-9)10(2)16-17(12)11-6-4-3-5-7-11/h3-8H,1-2H3,(H,15,18). The van der Waals surface area contributed by atoms with Crippen molar-refractivity contribution in [2.45, 2.75) is 13.8 Å². The van der Waals surface area contributed by atoms with Crippen molar-refractivity contribution in [2.75, 3.05) is 0 Å². The molecule has 18 heavy (non-hydrogen) atoms. The van der Waals surface area contributed by atoms with E-state index in [0.717, 1.165) is 32.6 Å². The van der Waals surface area contributed by atoms with Crippen LogP contribution in [-0.2, 0) is 0 Å². The molecule has 3 nitrogen and oxygen atoms in total. The predicted molar refractivity (Wildman–Crippen MR) is 75.7 cm³/mol. The van der Waals surface area contributed by atoms with Gasteiger partial charge in [0.2, 0.25) is 0 Å². The Labute approximate surface area is 110 Å². The van der Waals surface area contributed by atoms with Crippen LogP contribution in [0.1, 0.15) is 11.4 Å². The van der Waals surface area contributed by atoms with Gasteiger partial charge in [0.05, 0.1) is 22.3 Å². The second-order valence-electron chi connectivity index (χ2n) is 4.37. The fraction of sp³-hybridized carbons (Fsp3) is 0.143. The number of aromatic amines is 1. The number of hydrogen-bond acceptors (Lipinski definition) is 2. The van der Waals surface area contributed by atoms with Crippen molar-refractivity contribution >= 4 is 23.1 Å². The molecule has 0 unspecified atom stereocenters. The van der Waals surface area contributed by atoms with E-state index in [-0.39, 0.29) is 0 Å². The fourth-order valence-corrected chi connectivity index (χ4v) is 2.62. The number of aromatic nitrogens is 3. The normalized spacial score (nSPS) is 11.0. The Balaban J connectivity index is 2.42. The number of nitrogens with one attached hydrogen (secondary N) is 1. The summed E-state index contributed by atoms with van der Waals surface area (Å²) in [7, 11) is 0. The highest BCUT2D eigenvalue weighted by molar-refractivity contribution is 7.71. The summed E-state index contributed by atoms with van der Waals surface area (Å²) < 4.78 is 2.70. The Morgan fingerprint density at radius 2 is 1.89 bits per heavy atom. The smallest absolute Gasteiger partial charge is 0.114 e. The fourth-order valence-electron chi connectivity index (χ4n) is 2.21. The van der Waals surface area contributed by atoms with Crippen LogP contribution < -0.4 is 0 Å². The number of fused-ring (bicyclic) bond motifs is 1. The Bertz CT molecular complexity index is 769. The molecule has 0 atom stereocenters. The highest BCUT2D eigenvalue weighted by Crippen LogP contribution is 2.22. The molecule has 0 amide bonds. The maximum Gasteiger partial charge on any atom is 0.114 e. The molecule has 0 aliphatic heterocycles. The molecule has 0 spiro atoms. The third-order valence-electron chi connectivity index (χ3n) is 2.99. The monoisotopic (exact) mass is 255 g/mol. The molecule has 2 aromatic heterocycles. The van der Waals surface area contributed by atoms with Gasteiger partial charge in [-0.3, -0.25) is 0 Å². The molecular formula is C14H13N3S. The largest absolute Gasteiger partial charge is 0.350 e. The highest BCUT2D eigenvalue weighted by atomic mass is 32.1. The van der Waals surface area contributed by atoms with Gasteiger partial charge in [0.15, 0.2) is 0 Å². The van der Waals surface area contributed by atoms with E-state index in [4.69, 9.17) is 12.2 Å². The summed E-state index contributed by atoms with van der Waals surface area (Å²) in [6, 6.07) is 12.2. The number of hydrogen-bond donors (Lipinski definition) is 1. The van der Waals surface area contributed by atoms with Crippen LogP contribution in [0.25, 0.3) is 16.6 Å². The minimum Gasteiger partial charge on any atom is -0.350 e. The number of benzene rings is 1. The van der Waals surface area contributed by atoms with E-state index in [1.807, 2.05) is 48.9 Å². The average Bonchev–Trinajstić information content (AvgIpc) is 2.67. The Morgan fingerprint density at radius 3 is 2.61 bits per heavy atom. The molecule has 3 rings (SSSR count). The van der Waals surface area contributed by atoms with Crippen molar-refractivity contribution < 1.29 is 0 Å². The Kier molecular flexibility index (Phi) is 2.52. The molecular weight excluding hydrogens is 242 g/mol. The van der Waals surface area contributed by atoms with Crippen LogP contribution >= 0.6 is 12.2 Å². The number of pyridine rings is 1. The highest BCUT2D eigenvalue weighted by Gasteiger charge is 2.10. The molecule has 1 aromatic carbocycles. The molecule has 0 radical (unpaired) electrons. The minimum absolute atomic E-state index is 0.754. The summed E-state index contributed by atoms with van der Waals surface area (Å²) in [6.45, 7) is 3.99. The van der Waals surface area contributed by atoms with Crippen LogP contribution in [0.5, 0.6) is 0 Å². The first-order valence-corrected chi connectivity index (χ1v) is 6.22. The van der Waals surface area contributed by atoms with Gasteiger partial charge < -0.3 is 4.98 Å². The van der Waals surface area contributed by atoms with E-state index in [1.165, 1.54) is 0 Å². The lowest BCUT2D eigenvalue weighted by Gasteiger charge is -2.03. The Morgan fingerprint density at radius 1 is 1.17 bits per heavy atom. The van der Waals surface area contributed by atoms with Gasteiger partial charge in [-0.2, -0.15) is 5.10 Å². The van der Waals surface area contributed by atoms with Crippen LogP contribution in [0.3, 0.4) is 0 Å². The van der Waals surface area contributed by atoms with E-state index < -0.39 is 0 Å². The first-order valence-electron chi connectivity index (χ1n) is 5.81.